The number of hydrogen-bond donors (Lipinski definition) is 1. The van der Waals surface area contributed by atoms with E-state index in [1.54, 1.807) is 10.9 Å². The van der Waals surface area contributed by atoms with Gasteiger partial charge in [0.2, 0.25) is 0 Å². The average molecular weight is 468 g/mol. The van der Waals surface area contributed by atoms with Gasteiger partial charge >= 0.3 is 0 Å². The highest BCUT2D eigenvalue weighted by atomic mass is 127. The molecule has 0 aromatic carbocycles. The molecule has 6 nitrogen and oxygen atoms in total. The van der Waals surface area contributed by atoms with Crippen LogP contribution in [-0.2, 0) is 17.6 Å². The third-order valence-electron chi connectivity index (χ3n) is 4.95. The lowest BCUT2D eigenvalue weighted by atomic mass is 9.73. The number of halogens is 1. The van der Waals surface area contributed by atoms with E-state index in [-0.39, 0.29) is 11.5 Å². The number of nitrogens with zero attached hydrogens (tertiary/aromatic N) is 3. The van der Waals surface area contributed by atoms with Crippen molar-refractivity contribution in [3.05, 3.63) is 38.9 Å². The summed E-state index contributed by atoms with van der Waals surface area (Å²) in [5.41, 5.74) is 7.80. The Morgan fingerprint density at radius 3 is 2.92 bits per heavy atom. The fourth-order valence-electron chi connectivity index (χ4n) is 3.44. The molecule has 140 valence electrons. The minimum Gasteiger partial charge on any atom is -0.377 e. The number of fused-ring (bicyclic) bond motifs is 1. The standard InChI is InChI=1S/C19H25IN4O2/c1-4-5-8-26-15-10-13-14(11-19(15,2)3)24(23-17(13)18(21)25)16-9-12(20)6-7-22-16/h6-7,9,15H,4-5,8,10-11H2,1-3H3,(H2,21,25). The molecular weight excluding hydrogens is 443 g/mol. The lowest BCUT2D eigenvalue weighted by molar-refractivity contribution is -0.0324. The van der Waals surface area contributed by atoms with Gasteiger partial charge in [0.15, 0.2) is 11.5 Å². The Hall–Kier alpha value is -1.48. The highest BCUT2D eigenvalue weighted by molar-refractivity contribution is 14.1. The van der Waals surface area contributed by atoms with Gasteiger partial charge in [0.1, 0.15) is 0 Å². The summed E-state index contributed by atoms with van der Waals surface area (Å²) in [4.78, 5) is 16.4. The van der Waals surface area contributed by atoms with E-state index in [9.17, 15) is 4.79 Å². The van der Waals surface area contributed by atoms with Crippen LogP contribution < -0.4 is 5.73 Å². The number of carbonyl (C=O) groups excluding carboxylic acids is 1. The molecular formula is C19H25IN4O2. The van der Waals surface area contributed by atoms with E-state index in [4.69, 9.17) is 10.5 Å². The lowest BCUT2D eigenvalue weighted by Crippen LogP contribution is -2.40. The zero-order valence-electron chi connectivity index (χ0n) is 15.5. The van der Waals surface area contributed by atoms with Crippen molar-refractivity contribution in [2.45, 2.75) is 52.6 Å². The minimum absolute atomic E-state index is 0.0427. The van der Waals surface area contributed by atoms with E-state index in [0.717, 1.165) is 40.7 Å². The van der Waals surface area contributed by atoms with Gasteiger partial charge < -0.3 is 10.5 Å². The number of rotatable bonds is 6. The zero-order chi connectivity index (χ0) is 18.9. The Morgan fingerprint density at radius 1 is 1.50 bits per heavy atom. The van der Waals surface area contributed by atoms with Crippen molar-refractivity contribution < 1.29 is 9.53 Å². The summed E-state index contributed by atoms with van der Waals surface area (Å²) in [6, 6.07) is 3.88. The Kier molecular flexibility index (Phi) is 5.67. The smallest absolute Gasteiger partial charge is 0.269 e. The van der Waals surface area contributed by atoms with Gasteiger partial charge in [-0.25, -0.2) is 9.67 Å². The predicted molar refractivity (Wildman–Crippen MR) is 108 cm³/mol. The molecule has 1 unspecified atom stereocenters. The molecule has 0 bridgehead atoms. The first-order valence-electron chi connectivity index (χ1n) is 8.97. The molecule has 0 saturated heterocycles. The quantitative estimate of drug-likeness (QED) is 0.521. The van der Waals surface area contributed by atoms with Crippen LogP contribution in [0.3, 0.4) is 0 Å². The van der Waals surface area contributed by atoms with Crippen molar-refractivity contribution in [2.24, 2.45) is 11.1 Å². The fraction of sp³-hybridized carbons (Fsp3) is 0.526. The van der Waals surface area contributed by atoms with Gasteiger partial charge in [0.05, 0.1) is 11.8 Å². The molecule has 26 heavy (non-hydrogen) atoms. The summed E-state index contributed by atoms with van der Waals surface area (Å²) in [5.74, 6) is 0.208. The maximum Gasteiger partial charge on any atom is 0.269 e. The van der Waals surface area contributed by atoms with Gasteiger partial charge in [-0.05, 0) is 53.0 Å². The molecule has 1 aliphatic rings. The van der Waals surface area contributed by atoms with Gasteiger partial charge in [-0.2, -0.15) is 5.10 Å². The van der Waals surface area contributed by atoms with Gasteiger partial charge in [0.25, 0.3) is 5.91 Å². The second-order valence-corrected chi connectivity index (χ2v) is 8.71. The van der Waals surface area contributed by atoms with Crippen LogP contribution in [0.4, 0.5) is 0 Å². The third kappa shape index (κ3) is 3.78. The molecule has 1 atom stereocenters. The molecule has 0 aliphatic heterocycles. The van der Waals surface area contributed by atoms with E-state index in [2.05, 4.69) is 53.4 Å². The first-order valence-corrected chi connectivity index (χ1v) is 10.1. The molecule has 2 aromatic heterocycles. The molecule has 2 N–H and O–H groups in total. The van der Waals surface area contributed by atoms with Gasteiger partial charge in [-0.1, -0.05) is 27.2 Å². The van der Waals surface area contributed by atoms with Crippen LogP contribution in [0.25, 0.3) is 5.82 Å². The monoisotopic (exact) mass is 468 g/mol. The summed E-state index contributed by atoms with van der Waals surface area (Å²) >= 11 is 2.24. The van der Waals surface area contributed by atoms with Gasteiger partial charge in [0, 0.05) is 28.4 Å². The van der Waals surface area contributed by atoms with Crippen LogP contribution in [0.15, 0.2) is 18.3 Å². The van der Waals surface area contributed by atoms with Crippen molar-refractivity contribution in [2.75, 3.05) is 6.61 Å². The van der Waals surface area contributed by atoms with E-state index in [1.165, 1.54) is 0 Å². The first kappa shape index (κ1) is 19.3. The van der Waals surface area contributed by atoms with Gasteiger partial charge in [-0.15, -0.1) is 0 Å². The number of aromatic nitrogens is 3. The number of hydrogen-bond acceptors (Lipinski definition) is 4. The van der Waals surface area contributed by atoms with Crippen molar-refractivity contribution in [3.8, 4) is 5.82 Å². The van der Waals surface area contributed by atoms with Gasteiger partial charge in [-0.3, -0.25) is 4.79 Å². The summed E-state index contributed by atoms with van der Waals surface area (Å²) in [5, 5.41) is 4.52. The van der Waals surface area contributed by atoms with E-state index >= 15 is 0 Å². The maximum atomic E-state index is 12.0. The van der Waals surface area contributed by atoms with Crippen molar-refractivity contribution in [3.63, 3.8) is 0 Å². The Morgan fingerprint density at radius 2 is 2.27 bits per heavy atom. The summed E-state index contributed by atoms with van der Waals surface area (Å²) in [7, 11) is 0. The van der Waals surface area contributed by atoms with E-state index in [1.807, 2.05) is 12.1 Å². The van der Waals surface area contributed by atoms with Crippen LogP contribution in [0.2, 0.25) is 0 Å². The summed E-state index contributed by atoms with van der Waals surface area (Å²) < 4.78 is 9.00. The number of nitrogens with two attached hydrogens (primary N) is 1. The summed E-state index contributed by atoms with van der Waals surface area (Å²) in [6.07, 6.45) is 5.33. The number of unbranched alkanes of at least 4 members (excludes halogenated alkanes) is 1. The highest BCUT2D eigenvalue weighted by Gasteiger charge is 2.40. The van der Waals surface area contributed by atoms with E-state index < -0.39 is 5.91 Å². The van der Waals surface area contributed by atoms with Crippen LogP contribution in [0, 0.1) is 8.99 Å². The molecule has 0 spiro atoms. The first-order chi connectivity index (χ1) is 12.3. The van der Waals surface area contributed by atoms with Crippen molar-refractivity contribution >= 4 is 28.5 Å². The molecule has 1 aliphatic carbocycles. The SMILES string of the molecule is CCCCOC1Cc2c(C(N)=O)nn(-c3cc(I)ccn3)c2CC1(C)C. The summed E-state index contributed by atoms with van der Waals surface area (Å²) in [6.45, 7) is 7.29. The molecule has 7 heteroatoms. The third-order valence-corrected chi connectivity index (χ3v) is 5.62. The predicted octanol–water partition coefficient (Wildman–Crippen LogP) is 3.28. The average Bonchev–Trinajstić information content (AvgIpc) is 2.92. The van der Waals surface area contributed by atoms with Crippen LogP contribution in [0.5, 0.6) is 0 Å². The molecule has 0 fully saturated rings. The molecule has 1 amide bonds. The highest BCUT2D eigenvalue weighted by Crippen LogP contribution is 2.39. The topological polar surface area (TPSA) is 83.0 Å². The van der Waals surface area contributed by atoms with Crippen LogP contribution in [0.1, 0.15) is 55.4 Å². The lowest BCUT2D eigenvalue weighted by Gasteiger charge is -2.38. The molecule has 0 saturated carbocycles. The van der Waals surface area contributed by atoms with Crippen molar-refractivity contribution in [1.82, 2.24) is 14.8 Å². The minimum atomic E-state index is -0.502. The normalized spacial score (nSPS) is 18.5. The molecule has 2 heterocycles. The Labute approximate surface area is 167 Å². The zero-order valence-corrected chi connectivity index (χ0v) is 17.6. The Balaban J connectivity index is 2.03. The van der Waals surface area contributed by atoms with E-state index in [0.29, 0.717) is 17.9 Å². The second kappa shape index (κ2) is 7.64. The number of amides is 1. The largest absolute Gasteiger partial charge is 0.377 e. The van der Waals surface area contributed by atoms with Crippen LogP contribution >= 0.6 is 22.6 Å². The van der Waals surface area contributed by atoms with Crippen molar-refractivity contribution in [1.29, 1.82) is 0 Å². The number of pyridine rings is 1. The maximum absolute atomic E-state index is 12.0. The molecule has 3 rings (SSSR count). The Bertz CT molecular complexity index is 816. The number of carbonyl (C=O) groups is 1. The fourth-order valence-corrected chi connectivity index (χ4v) is 3.88. The number of ether oxygens (including phenoxy) is 1. The molecule has 0 radical (unpaired) electrons. The number of primary amides is 1. The second-order valence-electron chi connectivity index (χ2n) is 7.46. The van der Waals surface area contributed by atoms with Crippen LogP contribution in [-0.4, -0.2) is 33.4 Å². The molecule has 2 aromatic rings.